The first-order valence-electron chi connectivity index (χ1n) is 15.6. The van der Waals surface area contributed by atoms with Crippen LogP contribution in [-0.2, 0) is 35.5 Å². The lowest BCUT2D eigenvalue weighted by molar-refractivity contribution is -0.0589. The van der Waals surface area contributed by atoms with Crippen LogP contribution in [0.2, 0.25) is 0 Å². The monoisotopic (exact) mass is 649 g/mol. The molecule has 0 amide bonds. The number of rotatable bonds is 6. The number of hydrogen-bond donors (Lipinski definition) is 0. The minimum absolute atomic E-state index is 0.0261. The highest BCUT2D eigenvalue weighted by atomic mass is 19.1. The number of methoxy groups -OCH3 is 2. The molecule has 7 rings (SSSR count). The number of ether oxygens (including phenoxy) is 5. The first-order valence-corrected chi connectivity index (χ1v) is 15.6. The number of imidazole rings is 1. The second kappa shape index (κ2) is 13.3. The van der Waals surface area contributed by atoms with Crippen LogP contribution in [0.1, 0.15) is 51.4 Å². The van der Waals surface area contributed by atoms with Gasteiger partial charge in [-0.3, -0.25) is 4.98 Å². The number of fused-ring (bicyclic) bond motifs is 7. The molecule has 0 N–H and O–H groups in total. The van der Waals surface area contributed by atoms with Crippen molar-refractivity contribution in [3.05, 3.63) is 94.3 Å². The average Bonchev–Trinajstić information content (AvgIpc) is 3.43. The van der Waals surface area contributed by atoms with E-state index in [1.807, 2.05) is 10.6 Å². The standard InChI is InChI=1S/C36H32FN5O6/c1-44-32-14-24(36(43)45-2)13-30-35(32)41-33(42(30)19-25-8-10-46-25)15-23-12-27(37)26-16-31(23)47-9-4-5-22-11-21(17-38)18-39-29(22)20-48-34-7-3-6-28(26)40-34/h3,6-7,11-14,16,18,25H,4-5,8-10,15,19-20H2,1-2H3/t25-/m0/s1. The Bertz CT molecular complexity index is 2070. The number of esters is 1. The van der Waals surface area contributed by atoms with Crippen molar-refractivity contribution < 1.29 is 32.9 Å². The molecule has 0 saturated carbocycles. The number of aryl methyl sites for hydroxylation is 1. The van der Waals surface area contributed by atoms with Gasteiger partial charge in [0, 0.05) is 36.4 Å². The second-order valence-corrected chi connectivity index (χ2v) is 11.6. The van der Waals surface area contributed by atoms with Crippen molar-refractivity contribution in [2.75, 3.05) is 27.4 Å². The molecule has 5 aromatic rings. The van der Waals surface area contributed by atoms with E-state index in [1.54, 1.807) is 36.4 Å². The number of halogens is 1. The van der Waals surface area contributed by atoms with E-state index in [0.717, 1.165) is 12.0 Å². The summed E-state index contributed by atoms with van der Waals surface area (Å²) in [6.45, 7) is 1.65. The Morgan fingerprint density at radius 2 is 2.00 bits per heavy atom. The third-order valence-corrected chi connectivity index (χ3v) is 8.61. The van der Waals surface area contributed by atoms with Crippen LogP contribution >= 0.6 is 0 Å². The highest BCUT2D eigenvalue weighted by molar-refractivity contribution is 5.96. The molecule has 48 heavy (non-hydrogen) atoms. The van der Waals surface area contributed by atoms with Gasteiger partial charge in [-0.25, -0.2) is 19.2 Å². The van der Waals surface area contributed by atoms with E-state index in [0.29, 0.717) is 94.9 Å². The van der Waals surface area contributed by atoms with Crippen molar-refractivity contribution in [3.8, 4) is 34.7 Å². The van der Waals surface area contributed by atoms with Gasteiger partial charge in [0.05, 0.1) is 61.5 Å². The molecule has 4 bridgehead atoms. The van der Waals surface area contributed by atoms with Crippen molar-refractivity contribution in [3.63, 3.8) is 0 Å². The zero-order valence-corrected chi connectivity index (χ0v) is 26.5. The summed E-state index contributed by atoms with van der Waals surface area (Å²) in [6.07, 6.45) is 3.81. The maximum atomic E-state index is 16.0. The summed E-state index contributed by atoms with van der Waals surface area (Å²) in [5.41, 5.74) is 4.87. The van der Waals surface area contributed by atoms with Gasteiger partial charge in [-0.2, -0.15) is 5.26 Å². The number of carbonyl (C=O) groups is 1. The number of aromatic nitrogens is 4. The first kappa shape index (κ1) is 31.1. The molecule has 1 atom stereocenters. The number of hydrogen-bond acceptors (Lipinski definition) is 10. The summed E-state index contributed by atoms with van der Waals surface area (Å²) < 4.78 is 46.7. The smallest absolute Gasteiger partial charge is 0.338 e. The third kappa shape index (κ3) is 6.12. The summed E-state index contributed by atoms with van der Waals surface area (Å²) in [7, 11) is 2.85. The van der Waals surface area contributed by atoms with Gasteiger partial charge < -0.3 is 28.3 Å². The molecule has 0 radical (unpaired) electrons. The lowest BCUT2D eigenvalue weighted by atomic mass is 10.0. The van der Waals surface area contributed by atoms with Gasteiger partial charge in [-0.15, -0.1) is 0 Å². The van der Waals surface area contributed by atoms with Crippen molar-refractivity contribution in [1.29, 1.82) is 5.26 Å². The maximum absolute atomic E-state index is 16.0. The van der Waals surface area contributed by atoms with E-state index in [4.69, 9.17) is 28.7 Å². The Kier molecular flexibility index (Phi) is 8.61. The van der Waals surface area contributed by atoms with E-state index < -0.39 is 11.8 Å². The first-order chi connectivity index (χ1) is 23.4. The maximum Gasteiger partial charge on any atom is 0.338 e. The number of nitriles is 1. The van der Waals surface area contributed by atoms with Gasteiger partial charge in [-0.1, -0.05) is 6.07 Å². The molecule has 0 unspecified atom stereocenters. The molecule has 11 nitrogen and oxygen atoms in total. The van der Waals surface area contributed by atoms with Gasteiger partial charge >= 0.3 is 5.97 Å². The van der Waals surface area contributed by atoms with Gasteiger partial charge in [0.25, 0.3) is 0 Å². The Hall–Kier alpha value is -5.54. The van der Waals surface area contributed by atoms with E-state index in [1.165, 1.54) is 26.5 Å². The lowest BCUT2D eigenvalue weighted by Crippen LogP contribution is -2.31. The van der Waals surface area contributed by atoms with E-state index in [-0.39, 0.29) is 24.7 Å². The largest absolute Gasteiger partial charge is 0.494 e. The number of pyridine rings is 2. The number of benzene rings is 2. The lowest BCUT2D eigenvalue weighted by Gasteiger charge is -2.27. The molecule has 5 heterocycles. The SMILES string of the molecule is COC(=O)c1cc(OC)c2nc(Cc3cc(F)c4cc3OCCCc3cc(C#N)cnc3COc3cccc-4n3)n(C[C@@H]3CCO3)c2c1. The molecular formula is C36H32FN5O6. The van der Waals surface area contributed by atoms with E-state index in [9.17, 15) is 10.1 Å². The quantitative estimate of drug-likeness (QED) is 0.215. The molecule has 1 saturated heterocycles. The molecule has 2 aromatic carbocycles. The Morgan fingerprint density at radius 3 is 2.77 bits per heavy atom. The van der Waals surface area contributed by atoms with Crippen LogP contribution in [0, 0.1) is 17.1 Å². The van der Waals surface area contributed by atoms with Crippen LogP contribution in [0.25, 0.3) is 22.3 Å². The third-order valence-electron chi connectivity index (χ3n) is 8.61. The van der Waals surface area contributed by atoms with Crippen LogP contribution in [0.5, 0.6) is 17.4 Å². The van der Waals surface area contributed by atoms with E-state index >= 15 is 4.39 Å². The van der Waals surface area contributed by atoms with Crippen LogP contribution in [-0.4, -0.2) is 59.0 Å². The summed E-state index contributed by atoms with van der Waals surface area (Å²) in [5, 5.41) is 9.44. The van der Waals surface area contributed by atoms with Crippen molar-refractivity contribution in [2.45, 2.75) is 44.9 Å². The minimum Gasteiger partial charge on any atom is -0.494 e. The van der Waals surface area contributed by atoms with Gasteiger partial charge in [0.1, 0.15) is 41.3 Å². The van der Waals surface area contributed by atoms with Crippen LogP contribution in [0.15, 0.2) is 54.7 Å². The molecule has 0 spiro atoms. The highest BCUT2D eigenvalue weighted by Crippen LogP contribution is 2.35. The summed E-state index contributed by atoms with van der Waals surface area (Å²) in [5.74, 6) is 0.888. The molecule has 244 valence electrons. The van der Waals surface area contributed by atoms with Crippen molar-refractivity contribution in [1.82, 2.24) is 19.5 Å². The topological polar surface area (TPSA) is 131 Å². The normalized spacial score (nSPS) is 15.6. The number of nitrogens with zero attached hydrogens (tertiary/aromatic N) is 5. The zero-order chi connectivity index (χ0) is 33.2. The number of carbonyl (C=O) groups excluding carboxylic acids is 1. The Balaban J connectivity index is 1.30. The van der Waals surface area contributed by atoms with Crippen molar-refractivity contribution >= 4 is 17.0 Å². The van der Waals surface area contributed by atoms with Crippen molar-refractivity contribution in [2.24, 2.45) is 0 Å². The predicted molar refractivity (Wildman–Crippen MR) is 172 cm³/mol. The second-order valence-electron chi connectivity index (χ2n) is 11.6. The molecule has 12 heteroatoms. The fraction of sp³-hybridized carbons (Fsp3) is 0.306. The van der Waals surface area contributed by atoms with Gasteiger partial charge in [0.2, 0.25) is 5.88 Å². The molecule has 2 aliphatic rings. The van der Waals surface area contributed by atoms with E-state index in [2.05, 4.69) is 16.0 Å². The van der Waals surface area contributed by atoms with Crippen LogP contribution < -0.4 is 14.2 Å². The zero-order valence-electron chi connectivity index (χ0n) is 26.5. The van der Waals surface area contributed by atoms with Gasteiger partial charge in [-0.05, 0) is 61.2 Å². The summed E-state index contributed by atoms with van der Waals surface area (Å²) in [6, 6.07) is 15.6. The molecule has 2 aliphatic heterocycles. The van der Waals surface area contributed by atoms with Crippen LogP contribution in [0.4, 0.5) is 4.39 Å². The molecule has 0 aliphatic carbocycles. The fourth-order valence-electron chi connectivity index (χ4n) is 6.01. The molecular weight excluding hydrogens is 617 g/mol. The highest BCUT2D eigenvalue weighted by Gasteiger charge is 2.26. The molecule has 3 aromatic heterocycles. The average molecular weight is 650 g/mol. The predicted octanol–water partition coefficient (Wildman–Crippen LogP) is 5.58. The van der Waals surface area contributed by atoms with Crippen LogP contribution in [0.3, 0.4) is 0 Å². The van der Waals surface area contributed by atoms with Gasteiger partial charge in [0.15, 0.2) is 0 Å². The Morgan fingerprint density at radius 1 is 1.12 bits per heavy atom. The summed E-state index contributed by atoms with van der Waals surface area (Å²) in [4.78, 5) is 26.5. The summed E-state index contributed by atoms with van der Waals surface area (Å²) >= 11 is 0. The Labute approximate surface area is 275 Å². The molecule has 1 fully saturated rings. The fourth-order valence-corrected chi connectivity index (χ4v) is 6.01. The minimum atomic E-state index is -0.497.